The third-order valence-electron chi connectivity index (χ3n) is 4.65. The summed E-state index contributed by atoms with van der Waals surface area (Å²) in [6.45, 7) is 1.35. The second kappa shape index (κ2) is 7.95. The number of benzene rings is 2. The highest BCUT2D eigenvalue weighted by Gasteiger charge is 2.23. The lowest BCUT2D eigenvalue weighted by Gasteiger charge is -2.21. The minimum absolute atomic E-state index is 0.0246. The quantitative estimate of drug-likeness (QED) is 0.468. The largest absolute Gasteiger partial charge is 0.360 e. The summed E-state index contributed by atoms with van der Waals surface area (Å²) < 4.78 is 1.10. The Hall–Kier alpha value is -2.35. The van der Waals surface area contributed by atoms with Crippen LogP contribution in [0.3, 0.4) is 0 Å². The van der Waals surface area contributed by atoms with Crippen molar-refractivity contribution in [3.63, 3.8) is 0 Å². The van der Waals surface area contributed by atoms with E-state index in [0.29, 0.717) is 12.1 Å². The molecule has 5 nitrogen and oxygen atoms in total. The Morgan fingerprint density at radius 2 is 2.00 bits per heavy atom. The van der Waals surface area contributed by atoms with Crippen molar-refractivity contribution in [3.8, 4) is 0 Å². The first-order chi connectivity index (χ1) is 13.6. The summed E-state index contributed by atoms with van der Waals surface area (Å²) >= 11 is 3.28. The summed E-state index contributed by atoms with van der Waals surface area (Å²) in [6, 6.07) is 14.1. The number of carbonyl (C=O) groups excluding carboxylic acids is 1. The highest BCUT2D eigenvalue weighted by molar-refractivity contribution is 7.98. The highest BCUT2D eigenvalue weighted by Crippen LogP contribution is 2.33. The maximum absolute atomic E-state index is 13.5. The minimum Gasteiger partial charge on any atom is -0.360 e. The van der Waals surface area contributed by atoms with Crippen LogP contribution in [0, 0.1) is 0 Å². The number of amides is 1. The number of hydrogen-bond donors (Lipinski definition) is 1. The molecule has 1 N–H and O–H groups in total. The first-order valence-electron chi connectivity index (χ1n) is 9.04. The van der Waals surface area contributed by atoms with Gasteiger partial charge in [-0.25, -0.2) is 4.98 Å². The van der Waals surface area contributed by atoms with Crippen molar-refractivity contribution in [2.75, 3.05) is 38.3 Å². The molecule has 2 aromatic heterocycles. The Morgan fingerprint density at radius 1 is 1.18 bits per heavy atom. The van der Waals surface area contributed by atoms with Gasteiger partial charge in [-0.05, 0) is 44.6 Å². The van der Waals surface area contributed by atoms with E-state index in [1.54, 1.807) is 34.2 Å². The normalized spacial score (nSPS) is 11.6. The number of likely N-dealkylation sites (N-methyl/N-ethyl adjacent to an activating group) is 1. The molecule has 0 bridgehead atoms. The van der Waals surface area contributed by atoms with Gasteiger partial charge < -0.3 is 9.88 Å². The molecule has 0 aliphatic carbocycles. The second-order valence-electron chi connectivity index (χ2n) is 6.84. The highest BCUT2D eigenvalue weighted by atomic mass is 32.2. The van der Waals surface area contributed by atoms with E-state index < -0.39 is 0 Å². The van der Waals surface area contributed by atoms with E-state index in [1.807, 2.05) is 44.4 Å². The van der Waals surface area contributed by atoms with Crippen LogP contribution in [0.15, 0.2) is 53.6 Å². The monoisotopic (exact) mass is 410 g/mol. The Labute approximate surface area is 172 Å². The van der Waals surface area contributed by atoms with Gasteiger partial charge >= 0.3 is 0 Å². The second-order valence-corrected chi connectivity index (χ2v) is 8.73. The molecule has 1 amide bonds. The fraction of sp³-hybridized carbons (Fsp3) is 0.238. The number of para-hydroxylation sites is 1. The van der Waals surface area contributed by atoms with Crippen LogP contribution in [0.4, 0.5) is 5.13 Å². The van der Waals surface area contributed by atoms with Crippen molar-refractivity contribution in [1.29, 1.82) is 0 Å². The fourth-order valence-corrected chi connectivity index (χ4v) is 4.66. The van der Waals surface area contributed by atoms with Crippen LogP contribution in [0.25, 0.3) is 21.1 Å². The lowest BCUT2D eigenvalue weighted by molar-refractivity contribution is 0.0987. The summed E-state index contributed by atoms with van der Waals surface area (Å²) in [5, 5.41) is 1.68. The van der Waals surface area contributed by atoms with Crippen molar-refractivity contribution in [2.24, 2.45) is 0 Å². The summed E-state index contributed by atoms with van der Waals surface area (Å²) in [7, 11) is 4.02. The van der Waals surface area contributed by atoms with E-state index in [4.69, 9.17) is 4.98 Å². The molecule has 0 radical (unpaired) electrons. The van der Waals surface area contributed by atoms with Gasteiger partial charge in [0.05, 0.1) is 15.8 Å². The molecule has 0 aliphatic rings. The molecule has 2 heterocycles. The van der Waals surface area contributed by atoms with Crippen molar-refractivity contribution >= 4 is 55.3 Å². The molecular weight excluding hydrogens is 388 g/mol. The number of nitrogens with one attached hydrogen (secondary N) is 1. The molecule has 4 aromatic rings. The van der Waals surface area contributed by atoms with Gasteiger partial charge in [-0.15, -0.1) is 11.8 Å². The minimum atomic E-state index is -0.0246. The smallest absolute Gasteiger partial charge is 0.262 e. The molecule has 0 aliphatic heterocycles. The van der Waals surface area contributed by atoms with Gasteiger partial charge in [-0.1, -0.05) is 29.5 Å². The van der Waals surface area contributed by atoms with Gasteiger partial charge in [-0.3, -0.25) is 9.69 Å². The Morgan fingerprint density at radius 3 is 2.79 bits per heavy atom. The summed E-state index contributed by atoms with van der Waals surface area (Å²) in [5.74, 6) is -0.0246. The predicted octanol–water partition coefficient (Wildman–Crippen LogP) is 4.71. The number of rotatable bonds is 6. The lowest BCUT2D eigenvalue weighted by atomic mass is 10.1. The van der Waals surface area contributed by atoms with Crippen molar-refractivity contribution in [3.05, 3.63) is 54.2 Å². The van der Waals surface area contributed by atoms with Gasteiger partial charge in [0.15, 0.2) is 5.13 Å². The molecular formula is C21H22N4OS2. The Kier molecular flexibility index (Phi) is 5.39. The van der Waals surface area contributed by atoms with Gasteiger partial charge in [0.1, 0.15) is 0 Å². The fourth-order valence-electron chi connectivity index (χ4n) is 3.11. The molecule has 0 atom stereocenters. The molecule has 0 saturated heterocycles. The molecule has 0 unspecified atom stereocenters. The number of nitrogens with zero attached hydrogens (tertiary/aromatic N) is 3. The summed E-state index contributed by atoms with van der Waals surface area (Å²) in [6.07, 6.45) is 3.86. The molecule has 144 valence electrons. The SMILES string of the molecule is CSc1ccc2nc(N(CCN(C)C)C(=O)c3c[nH]c4ccccc34)sc2c1. The van der Waals surface area contributed by atoms with Crippen LogP contribution >= 0.6 is 23.1 Å². The van der Waals surface area contributed by atoms with Crippen LogP contribution in [-0.2, 0) is 0 Å². The third kappa shape index (κ3) is 3.65. The molecule has 7 heteroatoms. The number of thioether (sulfide) groups is 1. The standard InChI is InChI=1S/C21H22N4OS2/c1-24(2)10-11-25(20(26)16-13-22-17-7-5-4-6-15(16)17)21-23-18-9-8-14(27-3)12-19(18)28-21/h4-9,12-13,22H,10-11H2,1-3H3. The average Bonchev–Trinajstić information content (AvgIpc) is 3.31. The number of carbonyl (C=O) groups is 1. The van der Waals surface area contributed by atoms with Crippen LogP contribution < -0.4 is 4.90 Å². The van der Waals surface area contributed by atoms with E-state index in [-0.39, 0.29) is 5.91 Å². The molecule has 28 heavy (non-hydrogen) atoms. The van der Waals surface area contributed by atoms with Gasteiger partial charge in [0.25, 0.3) is 5.91 Å². The van der Waals surface area contributed by atoms with Crippen molar-refractivity contribution < 1.29 is 4.79 Å². The molecule has 0 fully saturated rings. The van der Waals surface area contributed by atoms with Crippen molar-refractivity contribution in [2.45, 2.75) is 4.90 Å². The zero-order valence-electron chi connectivity index (χ0n) is 16.1. The number of fused-ring (bicyclic) bond motifs is 2. The van der Waals surface area contributed by atoms with Gasteiger partial charge in [0.2, 0.25) is 0 Å². The molecule has 2 aromatic carbocycles. The number of H-pyrrole nitrogens is 1. The summed E-state index contributed by atoms with van der Waals surface area (Å²) in [5.41, 5.74) is 2.57. The van der Waals surface area contributed by atoms with Crippen LogP contribution in [0.1, 0.15) is 10.4 Å². The first-order valence-corrected chi connectivity index (χ1v) is 11.1. The first kappa shape index (κ1) is 19.0. The molecule has 0 spiro atoms. The van der Waals surface area contributed by atoms with E-state index in [0.717, 1.165) is 32.8 Å². The number of thiazole rings is 1. The maximum atomic E-state index is 13.5. The average molecular weight is 411 g/mol. The lowest BCUT2D eigenvalue weighted by Crippen LogP contribution is -2.36. The van der Waals surface area contributed by atoms with E-state index in [1.165, 1.54) is 4.90 Å². The maximum Gasteiger partial charge on any atom is 0.262 e. The number of aromatic nitrogens is 2. The van der Waals surface area contributed by atoms with Crippen LogP contribution in [0.5, 0.6) is 0 Å². The number of aromatic amines is 1. The van der Waals surface area contributed by atoms with Gasteiger partial charge in [-0.2, -0.15) is 0 Å². The van der Waals surface area contributed by atoms with E-state index in [2.05, 4.69) is 28.3 Å². The Bertz CT molecular complexity index is 1130. The zero-order valence-corrected chi connectivity index (χ0v) is 17.7. The zero-order chi connectivity index (χ0) is 19.7. The van der Waals surface area contributed by atoms with E-state index >= 15 is 0 Å². The van der Waals surface area contributed by atoms with Crippen LogP contribution in [0.2, 0.25) is 0 Å². The van der Waals surface area contributed by atoms with Crippen molar-refractivity contribution in [1.82, 2.24) is 14.9 Å². The number of anilines is 1. The Balaban J connectivity index is 1.75. The van der Waals surface area contributed by atoms with Crippen LogP contribution in [-0.4, -0.2) is 54.2 Å². The van der Waals surface area contributed by atoms with E-state index in [9.17, 15) is 4.79 Å². The topological polar surface area (TPSA) is 52.2 Å². The predicted molar refractivity (Wildman–Crippen MR) is 120 cm³/mol. The molecule has 0 saturated carbocycles. The van der Waals surface area contributed by atoms with Gasteiger partial charge in [0, 0.05) is 35.1 Å². The summed E-state index contributed by atoms with van der Waals surface area (Å²) in [4.78, 5) is 26.5. The molecule has 4 rings (SSSR count). The number of hydrogen-bond acceptors (Lipinski definition) is 5. The third-order valence-corrected chi connectivity index (χ3v) is 6.42.